The number of halogens is 2. The Labute approximate surface area is 133 Å². The van der Waals surface area contributed by atoms with Gasteiger partial charge in [0, 0.05) is 22.1 Å². The van der Waals surface area contributed by atoms with Gasteiger partial charge in [0.15, 0.2) is 5.82 Å². The molecule has 0 aliphatic rings. The zero-order valence-electron chi connectivity index (χ0n) is 9.93. The van der Waals surface area contributed by atoms with Crippen LogP contribution >= 0.6 is 38.9 Å². The molecule has 0 unspecified atom stereocenters. The number of nitrogens with one attached hydrogen (secondary N) is 2. The minimum atomic E-state index is -3.74. The Bertz CT molecular complexity index is 720. The molecule has 108 valence electrons. The monoisotopic (exact) mass is 396 g/mol. The summed E-state index contributed by atoms with van der Waals surface area (Å²) in [6, 6.07) is 4.89. The van der Waals surface area contributed by atoms with Gasteiger partial charge in [-0.25, -0.2) is 24.0 Å². The largest absolute Gasteiger partial charge is 0.307 e. The van der Waals surface area contributed by atoms with Crippen LogP contribution in [0.1, 0.15) is 4.88 Å². The fourth-order valence-electron chi connectivity index (χ4n) is 1.42. The Hall–Kier alpha value is -0.710. The van der Waals surface area contributed by atoms with Gasteiger partial charge >= 0.3 is 0 Å². The minimum absolute atomic E-state index is 0.0305. The average molecular weight is 398 g/mol. The number of nitrogens with zero attached hydrogens (tertiary/aromatic N) is 1. The van der Waals surface area contributed by atoms with E-state index in [0.29, 0.717) is 8.81 Å². The van der Waals surface area contributed by atoms with E-state index in [-0.39, 0.29) is 17.3 Å². The van der Waals surface area contributed by atoms with E-state index in [1.165, 1.54) is 23.6 Å². The highest BCUT2D eigenvalue weighted by Gasteiger charge is 2.20. The summed E-state index contributed by atoms with van der Waals surface area (Å²) in [7, 11) is -3.74. The summed E-state index contributed by atoms with van der Waals surface area (Å²) in [5.41, 5.74) is 2.26. The number of hydrazine groups is 1. The molecule has 0 amide bonds. The predicted octanol–water partition coefficient (Wildman–Crippen LogP) is 2.32. The lowest BCUT2D eigenvalue weighted by atomic mass is 10.5. The molecule has 2 rings (SSSR count). The Morgan fingerprint density at radius 1 is 1.45 bits per heavy atom. The van der Waals surface area contributed by atoms with E-state index in [1.807, 2.05) is 0 Å². The molecule has 20 heavy (non-hydrogen) atoms. The Morgan fingerprint density at radius 2 is 2.20 bits per heavy atom. The fraction of sp³-hybridized carbons (Fsp3) is 0.100. The van der Waals surface area contributed by atoms with Crippen molar-refractivity contribution in [1.82, 2.24) is 9.71 Å². The molecule has 0 bridgehead atoms. The molecule has 0 aliphatic heterocycles. The van der Waals surface area contributed by atoms with Crippen LogP contribution in [0.2, 0.25) is 4.34 Å². The normalized spacial score (nSPS) is 11.6. The van der Waals surface area contributed by atoms with E-state index < -0.39 is 10.0 Å². The number of nitrogens with two attached hydrogens (primary N) is 1. The van der Waals surface area contributed by atoms with E-state index in [0.717, 1.165) is 4.88 Å². The molecule has 10 heteroatoms. The number of thiophene rings is 1. The lowest BCUT2D eigenvalue weighted by Gasteiger charge is -2.10. The van der Waals surface area contributed by atoms with Crippen molar-refractivity contribution in [1.29, 1.82) is 0 Å². The van der Waals surface area contributed by atoms with E-state index in [1.54, 1.807) is 12.1 Å². The van der Waals surface area contributed by atoms with Crippen LogP contribution in [0.15, 0.2) is 33.8 Å². The number of nitrogen functional groups attached to an aromatic ring is 1. The van der Waals surface area contributed by atoms with Crippen molar-refractivity contribution in [2.75, 3.05) is 5.43 Å². The van der Waals surface area contributed by atoms with Crippen LogP contribution in [-0.4, -0.2) is 13.4 Å². The van der Waals surface area contributed by atoms with Crippen LogP contribution in [0, 0.1) is 0 Å². The smallest absolute Gasteiger partial charge is 0.244 e. The van der Waals surface area contributed by atoms with Crippen molar-refractivity contribution in [2.24, 2.45) is 5.84 Å². The SMILES string of the molecule is NNc1ncc(Br)cc1S(=O)(=O)NCc1ccc(Cl)s1. The predicted molar refractivity (Wildman–Crippen MR) is 83.1 cm³/mol. The van der Waals surface area contributed by atoms with E-state index >= 15 is 0 Å². The first kappa shape index (κ1) is 15.7. The van der Waals surface area contributed by atoms with Crippen molar-refractivity contribution >= 4 is 54.7 Å². The van der Waals surface area contributed by atoms with E-state index in [4.69, 9.17) is 17.4 Å². The number of rotatable bonds is 5. The summed E-state index contributed by atoms with van der Waals surface area (Å²) in [4.78, 5) is 4.68. The molecule has 0 saturated carbocycles. The summed E-state index contributed by atoms with van der Waals surface area (Å²) in [5, 5.41) is 0. The first-order valence-corrected chi connectivity index (χ1v) is 8.75. The maximum absolute atomic E-state index is 12.2. The molecule has 0 aliphatic carbocycles. The highest BCUT2D eigenvalue weighted by Crippen LogP contribution is 2.24. The number of sulfonamides is 1. The Kier molecular flexibility index (Phi) is 4.99. The minimum Gasteiger partial charge on any atom is -0.307 e. The molecule has 0 fully saturated rings. The Balaban J connectivity index is 2.24. The highest BCUT2D eigenvalue weighted by atomic mass is 79.9. The van der Waals surface area contributed by atoms with Gasteiger partial charge < -0.3 is 5.43 Å². The highest BCUT2D eigenvalue weighted by molar-refractivity contribution is 9.10. The van der Waals surface area contributed by atoms with Crippen LogP contribution < -0.4 is 16.0 Å². The van der Waals surface area contributed by atoms with Crippen LogP contribution in [0.25, 0.3) is 0 Å². The van der Waals surface area contributed by atoms with E-state index in [2.05, 4.69) is 31.1 Å². The van der Waals surface area contributed by atoms with Crippen molar-refractivity contribution in [3.05, 3.63) is 38.1 Å². The maximum Gasteiger partial charge on any atom is 0.244 e. The third-order valence-electron chi connectivity index (χ3n) is 2.31. The number of hydrogen-bond donors (Lipinski definition) is 3. The first-order chi connectivity index (χ1) is 9.42. The average Bonchev–Trinajstić information content (AvgIpc) is 2.82. The molecule has 4 N–H and O–H groups in total. The summed E-state index contributed by atoms with van der Waals surface area (Å²) in [5.74, 6) is 5.35. The second kappa shape index (κ2) is 6.37. The molecule has 6 nitrogen and oxygen atoms in total. The number of aromatic nitrogens is 1. The van der Waals surface area contributed by atoms with Gasteiger partial charge in [-0.1, -0.05) is 11.6 Å². The van der Waals surface area contributed by atoms with Crippen molar-refractivity contribution < 1.29 is 8.42 Å². The molecule has 2 aromatic rings. The summed E-state index contributed by atoms with van der Waals surface area (Å²) in [6.07, 6.45) is 1.45. The van der Waals surface area contributed by atoms with Gasteiger partial charge in [0.05, 0.1) is 4.34 Å². The van der Waals surface area contributed by atoms with Crippen LogP contribution in [0.3, 0.4) is 0 Å². The molecule has 0 spiro atoms. The van der Waals surface area contributed by atoms with E-state index in [9.17, 15) is 8.42 Å². The van der Waals surface area contributed by atoms with Gasteiger partial charge in [-0.05, 0) is 34.1 Å². The molecule has 0 radical (unpaired) electrons. The maximum atomic E-state index is 12.2. The second-order valence-electron chi connectivity index (χ2n) is 3.67. The quantitative estimate of drug-likeness (QED) is 0.531. The van der Waals surface area contributed by atoms with Gasteiger partial charge in [-0.3, -0.25) is 0 Å². The standard InChI is InChI=1S/C10H10BrClN4O2S2/c11-6-3-8(10(16-13)14-4-6)20(17,18)15-5-7-1-2-9(12)19-7/h1-4,15H,5,13H2,(H,14,16). The first-order valence-electron chi connectivity index (χ1n) is 5.28. The number of pyridine rings is 1. The molecule has 2 heterocycles. The van der Waals surface area contributed by atoms with Gasteiger partial charge in [-0.2, -0.15) is 0 Å². The Morgan fingerprint density at radius 3 is 2.80 bits per heavy atom. The second-order valence-corrected chi connectivity index (χ2v) is 8.13. The zero-order valence-corrected chi connectivity index (χ0v) is 13.9. The van der Waals surface area contributed by atoms with Crippen LogP contribution in [0.5, 0.6) is 0 Å². The van der Waals surface area contributed by atoms with Gasteiger partial charge in [-0.15, -0.1) is 11.3 Å². The van der Waals surface area contributed by atoms with Crippen molar-refractivity contribution in [2.45, 2.75) is 11.4 Å². The summed E-state index contributed by atoms with van der Waals surface area (Å²) in [6.45, 7) is 0.149. The van der Waals surface area contributed by atoms with Crippen molar-refractivity contribution in [3.63, 3.8) is 0 Å². The van der Waals surface area contributed by atoms with Gasteiger partial charge in [0.2, 0.25) is 10.0 Å². The fourth-order valence-corrected chi connectivity index (χ4v) is 4.18. The van der Waals surface area contributed by atoms with Gasteiger partial charge in [0.1, 0.15) is 4.90 Å². The molecule has 0 atom stereocenters. The lowest BCUT2D eigenvalue weighted by molar-refractivity contribution is 0.581. The zero-order chi connectivity index (χ0) is 14.8. The number of anilines is 1. The lowest BCUT2D eigenvalue weighted by Crippen LogP contribution is -2.25. The summed E-state index contributed by atoms with van der Waals surface area (Å²) >= 11 is 10.3. The molecular weight excluding hydrogens is 388 g/mol. The third-order valence-corrected chi connectivity index (χ3v) is 5.39. The van der Waals surface area contributed by atoms with Crippen molar-refractivity contribution in [3.8, 4) is 0 Å². The third kappa shape index (κ3) is 3.68. The van der Waals surface area contributed by atoms with Gasteiger partial charge in [0.25, 0.3) is 0 Å². The topological polar surface area (TPSA) is 97.1 Å². The molecule has 0 aromatic carbocycles. The summed E-state index contributed by atoms with van der Waals surface area (Å²) < 4.78 is 28.1. The van der Waals surface area contributed by atoms with Crippen LogP contribution in [-0.2, 0) is 16.6 Å². The van der Waals surface area contributed by atoms with Crippen LogP contribution in [0.4, 0.5) is 5.82 Å². The number of hydrogen-bond acceptors (Lipinski definition) is 6. The molecule has 0 saturated heterocycles. The molecule has 2 aromatic heterocycles. The molecular formula is C10H10BrClN4O2S2.